The first-order chi connectivity index (χ1) is 11.3. The maximum absolute atomic E-state index is 13.4. The molecule has 24 heavy (non-hydrogen) atoms. The molecule has 2 aromatic carbocycles. The Morgan fingerprint density at radius 1 is 1.12 bits per heavy atom. The molecule has 2 aromatic rings. The molecule has 0 spiro atoms. The Bertz CT molecular complexity index is 860. The van der Waals surface area contributed by atoms with Gasteiger partial charge in [0, 0.05) is 24.1 Å². The number of halogens is 3. The van der Waals surface area contributed by atoms with Crippen LogP contribution in [0, 0.1) is 11.6 Å². The van der Waals surface area contributed by atoms with Gasteiger partial charge in [-0.05, 0) is 30.3 Å². The molecule has 0 atom stereocenters. The van der Waals surface area contributed by atoms with E-state index in [1.165, 1.54) is 24.3 Å². The summed E-state index contributed by atoms with van der Waals surface area (Å²) in [4.78, 5) is 11.7. The number of benzene rings is 2. The number of anilines is 1. The van der Waals surface area contributed by atoms with E-state index in [0.717, 1.165) is 12.1 Å². The van der Waals surface area contributed by atoms with Crippen LogP contribution in [0.15, 0.2) is 47.4 Å². The third-order valence-electron chi connectivity index (χ3n) is 2.96. The van der Waals surface area contributed by atoms with Crippen molar-refractivity contribution in [3.63, 3.8) is 0 Å². The molecule has 0 saturated carbocycles. The second-order valence-corrected chi connectivity index (χ2v) is 6.98. The summed E-state index contributed by atoms with van der Waals surface area (Å²) < 4.78 is 52.4. The van der Waals surface area contributed by atoms with E-state index in [2.05, 4.69) is 10.0 Å². The predicted molar refractivity (Wildman–Crippen MR) is 86.2 cm³/mol. The van der Waals surface area contributed by atoms with Crippen LogP contribution in [0.25, 0.3) is 0 Å². The molecule has 0 heterocycles. The molecule has 0 radical (unpaired) electrons. The number of carbonyl (C=O) groups is 1. The number of hydrogen-bond donors (Lipinski definition) is 2. The molecule has 0 unspecified atom stereocenters. The third-order valence-corrected chi connectivity index (χ3v) is 4.65. The van der Waals surface area contributed by atoms with Gasteiger partial charge in [-0.3, -0.25) is 4.79 Å². The van der Waals surface area contributed by atoms with Gasteiger partial charge in [-0.2, -0.15) is 0 Å². The second-order valence-electron chi connectivity index (χ2n) is 4.78. The van der Waals surface area contributed by atoms with Crippen molar-refractivity contribution in [2.24, 2.45) is 0 Å². The Morgan fingerprint density at radius 2 is 1.88 bits per heavy atom. The van der Waals surface area contributed by atoms with Gasteiger partial charge < -0.3 is 5.32 Å². The van der Waals surface area contributed by atoms with Gasteiger partial charge in [0.1, 0.15) is 11.6 Å². The molecule has 0 aliphatic carbocycles. The van der Waals surface area contributed by atoms with Crippen LogP contribution in [-0.4, -0.2) is 20.9 Å². The average molecular weight is 375 g/mol. The lowest BCUT2D eigenvalue weighted by atomic mass is 10.3. The Balaban J connectivity index is 1.90. The number of hydrogen-bond acceptors (Lipinski definition) is 3. The number of amides is 1. The summed E-state index contributed by atoms with van der Waals surface area (Å²) in [5, 5.41) is 2.50. The molecule has 0 aliphatic rings. The Kier molecular flexibility index (Phi) is 5.87. The van der Waals surface area contributed by atoms with Gasteiger partial charge in [-0.1, -0.05) is 17.7 Å². The molecule has 2 rings (SSSR count). The van der Waals surface area contributed by atoms with Crippen LogP contribution in [0.2, 0.25) is 5.02 Å². The lowest BCUT2D eigenvalue weighted by Gasteiger charge is -2.08. The van der Waals surface area contributed by atoms with E-state index in [-0.39, 0.29) is 28.6 Å². The standard InChI is InChI=1S/C15H13ClF2N2O3S/c16-10-2-1-3-12(8-10)24(22,23)19-7-6-15(21)20-14-5-4-11(17)9-13(14)18/h1-5,8-9,19H,6-7H2,(H,20,21). The highest BCUT2D eigenvalue weighted by molar-refractivity contribution is 7.89. The highest BCUT2D eigenvalue weighted by atomic mass is 35.5. The molecule has 0 aliphatic heterocycles. The fourth-order valence-corrected chi connectivity index (χ4v) is 3.15. The van der Waals surface area contributed by atoms with Crippen LogP contribution in [0.1, 0.15) is 6.42 Å². The van der Waals surface area contributed by atoms with Crippen LogP contribution >= 0.6 is 11.6 Å². The normalized spacial score (nSPS) is 11.3. The number of rotatable bonds is 6. The van der Waals surface area contributed by atoms with Crippen molar-refractivity contribution >= 4 is 33.2 Å². The summed E-state index contributed by atoms with van der Waals surface area (Å²) in [7, 11) is -3.80. The smallest absolute Gasteiger partial charge is 0.240 e. The van der Waals surface area contributed by atoms with Crippen LogP contribution in [-0.2, 0) is 14.8 Å². The van der Waals surface area contributed by atoms with Gasteiger partial charge in [0.05, 0.1) is 10.6 Å². The number of sulfonamides is 1. The molecule has 5 nitrogen and oxygen atoms in total. The van der Waals surface area contributed by atoms with E-state index in [1.54, 1.807) is 0 Å². The van der Waals surface area contributed by atoms with E-state index in [1.807, 2.05) is 0 Å². The van der Waals surface area contributed by atoms with E-state index < -0.39 is 27.6 Å². The first kappa shape index (κ1) is 18.3. The fourth-order valence-electron chi connectivity index (χ4n) is 1.82. The lowest BCUT2D eigenvalue weighted by Crippen LogP contribution is -2.28. The minimum absolute atomic E-state index is 0.0278. The maximum atomic E-state index is 13.4. The predicted octanol–water partition coefficient (Wildman–Crippen LogP) is 2.93. The molecule has 0 saturated heterocycles. The number of carbonyl (C=O) groups excluding carboxylic acids is 1. The highest BCUT2D eigenvalue weighted by Crippen LogP contribution is 2.16. The largest absolute Gasteiger partial charge is 0.324 e. The van der Waals surface area contributed by atoms with Gasteiger partial charge in [0.2, 0.25) is 15.9 Å². The van der Waals surface area contributed by atoms with Gasteiger partial charge in [0.15, 0.2) is 0 Å². The van der Waals surface area contributed by atoms with Crippen molar-refractivity contribution in [3.05, 3.63) is 59.1 Å². The van der Waals surface area contributed by atoms with Crippen molar-refractivity contribution in [1.82, 2.24) is 4.72 Å². The Hall–Kier alpha value is -2.03. The van der Waals surface area contributed by atoms with Gasteiger partial charge in [-0.15, -0.1) is 0 Å². The minimum Gasteiger partial charge on any atom is -0.324 e. The summed E-state index contributed by atoms with van der Waals surface area (Å²) >= 11 is 5.73. The van der Waals surface area contributed by atoms with Crippen molar-refractivity contribution < 1.29 is 22.0 Å². The van der Waals surface area contributed by atoms with Gasteiger partial charge >= 0.3 is 0 Å². The first-order valence-corrected chi connectivity index (χ1v) is 8.64. The minimum atomic E-state index is -3.80. The molecule has 2 N–H and O–H groups in total. The van der Waals surface area contributed by atoms with Crippen molar-refractivity contribution in [3.8, 4) is 0 Å². The monoisotopic (exact) mass is 374 g/mol. The maximum Gasteiger partial charge on any atom is 0.240 e. The second kappa shape index (κ2) is 7.69. The zero-order valence-corrected chi connectivity index (χ0v) is 13.8. The molecule has 128 valence electrons. The molecule has 9 heteroatoms. The Labute approximate surface area is 142 Å². The summed E-state index contributed by atoms with van der Waals surface area (Å²) in [6.07, 6.45) is -0.226. The van der Waals surface area contributed by atoms with Gasteiger partial charge in [-0.25, -0.2) is 21.9 Å². The summed E-state index contributed by atoms with van der Waals surface area (Å²) in [5.74, 6) is -2.29. The lowest BCUT2D eigenvalue weighted by molar-refractivity contribution is -0.116. The van der Waals surface area contributed by atoms with E-state index >= 15 is 0 Å². The molecular formula is C15H13ClF2N2O3S. The summed E-state index contributed by atoms with van der Waals surface area (Å²) in [6, 6.07) is 8.38. The third kappa shape index (κ3) is 4.98. The summed E-state index contributed by atoms with van der Waals surface area (Å²) in [5.41, 5.74) is -0.181. The Morgan fingerprint density at radius 3 is 2.54 bits per heavy atom. The van der Waals surface area contributed by atoms with Crippen molar-refractivity contribution in [1.29, 1.82) is 0 Å². The fraction of sp³-hybridized carbons (Fsp3) is 0.133. The number of nitrogens with one attached hydrogen (secondary N) is 2. The molecule has 0 fully saturated rings. The first-order valence-electron chi connectivity index (χ1n) is 6.78. The van der Waals surface area contributed by atoms with E-state index in [0.29, 0.717) is 6.07 Å². The van der Waals surface area contributed by atoms with Crippen LogP contribution < -0.4 is 10.0 Å². The topological polar surface area (TPSA) is 75.3 Å². The van der Waals surface area contributed by atoms with Gasteiger partial charge in [0.25, 0.3) is 0 Å². The quantitative estimate of drug-likeness (QED) is 0.816. The highest BCUT2D eigenvalue weighted by Gasteiger charge is 2.15. The zero-order valence-electron chi connectivity index (χ0n) is 12.2. The van der Waals surface area contributed by atoms with E-state index in [4.69, 9.17) is 11.6 Å². The van der Waals surface area contributed by atoms with Crippen LogP contribution in [0.3, 0.4) is 0 Å². The average Bonchev–Trinajstić information content (AvgIpc) is 2.50. The van der Waals surface area contributed by atoms with Crippen LogP contribution in [0.5, 0.6) is 0 Å². The zero-order chi connectivity index (χ0) is 17.7. The SMILES string of the molecule is O=C(CCNS(=O)(=O)c1cccc(Cl)c1)Nc1ccc(F)cc1F. The summed E-state index contributed by atoms with van der Waals surface area (Å²) in [6.45, 7) is -0.191. The van der Waals surface area contributed by atoms with Crippen LogP contribution in [0.4, 0.5) is 14.5 Å². The van der Waals surface area contributed by atoms with Crippen molar-refractivity contribution in [2.45, 2.75) is 11.3 Å². The molecule has 0 aromatic heterocycles. The molecular weight excluding hydrogens is 362 g/mol. The molecule has 0 bridgehead atoms. The van der Waals surface area contributed by atoms with E-state index in [9.17, 15) is 22.0 Å². The molecule has 1 amide bonds. The van der Waals surface area contributed by atoms with Crippen molar-refractivity contribution in [2.75, 3.05) is 11.9 Å².